The zero-order valence-electron chi connectivity index (χ0n) is 14.2. The Morgan fingerprint density at radius 1 is 1.07 bits per heavy atom. The highest BCUT2D eigenvalue weighted by atomic mass is 79.9. The summed E-state index contributed by atoms with van der Waals surface area (Å²) in [7, 11) is 0. The normalized spacial score (nSPS) is 10.7. The molecule has 0 unspecified atom stereocenters. The molecule has 1 amide bonds. The molecule has 0 aliphatic rings. The van der Waals surface area contributed by atoms with Crippen molar-refractivity contribution in [2.24, 2.45) is 5.10 Å². The number of nitrogens with zero attached hydrogens (tertiary/aromatic N) is 1. The number of ether oxygens (including phenoxy) is 1. The minimum Gasteiger partial charge on any atom is -0.488 e. The zero-order chi connectivity index (χ0) is 19.1. The summed E-state index contributed by atoms with van der Waals surface area (Å²) in [5.41, 5.74) is 4.72. The lowest BCUT2D eigenvalue weighted by Gasteiger charge is -2.11. The van der Waals surface area contributed by atoms with Crippen molar-refractivity contribution >= 4 is 39.7 Å². The molecule has 3 aromatic carbocycles. The van der Waals surface area contributed by atoms with Crippen LogP contribution in [0.2, 0.25) is 5.02 Å². The van der Waals surface area contributed by atoms with Gasteiger partial charge < -0.3 is 4.74 Å². The Morgan fingerprint density at radius 2 is 1.89 bits per heavy atom. The molecule has 136 valence electrons. The third-order valence-corrected chi connectivity index (χ3v) is 4.38. The summed E-state index contributed by atoms with van der Waals surface area (Å²) >= 11 is 9.32. The SMILES string of the molecule is O=C(N/N=C/c1cccc(Cl)c1)c1cc(Br)ccc1OCc1ccccc1. The van der Waals surface area contributed by atoms with Gasteiger partial charge in [0, 0.05) is 9.50 Å². The fraction of sp³-hybridized carbons (Fsp3) is 0.0476. The second-order valence-electron chi connectivity index (χ2n) is 5.67. The third kappa shape index (κ3) is 5.67. The molecule has 0 aliphatic heterocycles. The lowest BCUT2D eigenvalue weighted by Crippen LogP contribution is -2.18. The number of hydrogen-bond acceptors (Lipinski definition) is 3. The van der Waals surface area contributed by atoms with Crippen molar-refractivity contribution in [1.29, 1.82) is 0 Å². The molecule has 0 spiro atoms. The van der Waals surface area contributed by atoms with Crippen molar-refractivity contribution in [3.63, 3.8) is 0 Å². The van der Waals surface area contributed by atoms with E-state index in [1.54, 1.807) is 24.3 Å². The van der Waals surface area contributed by atoms with Gasteiger partial charge in [-0.2, -0.15) is 5.10 Å². The lowest BCUT2D eigenvalue weighted by atomic mass is 10.2. The van der Waals surface area contributed by atoms with Crippen molar-refractivity contribution in [2.75, 3.05) is 0 Å². The van der Waals surface area contributed by atoms with Crippen LogP contribution in [0.5, 0.6) is 5.75 Å². The minimum absolute atomic E-state index is 0.363. The van der Waals surface area contributed by atoms with Gasteiger partial charge >= 0.3 is 0 Å². The Balaban J connectivity index is 1.70. The molecule has 0 fully saturated rings. The number of halogens is 2. The monoisotopic (exact) mass is 442 g/mol. The molecule has 4 nitrogen and oxygen atoms in total. The predicted molar refractivity (Wildman–Crippen MR) is 111 cm³/mol. The molecule has 1 N–H and O–H groups in total. The van der Waals surface area contributed by atoms with Crippen molar-refractivity contribution in [1.82, 2.24) is 5.43 Å². The molecule has 0 bridgehead atoms. The first-order chi connectivity index (χ1) is 13.1. The van der Waals surface area contributed by atoms with Gasteiger partial charge in [-0.05, 0) is 41.5 Å². The van der Waals surface area contributed by atoms with E-state index in [1.165, 1.54) is 6.21 Å². The van der Waals surface area contributed by atoms with Crippen LogP contribution in [-0.4, -0.2) is 12.1 Å². The third-order valence-electron chi connectivity index (χ3n) is 3.65. The number of carbonyl (C=O) groups is 1. The van der Waals surface area contributed by atoms with E-state index < -0.39 is 0 Å². The zero-order valence-corrected chi connectivity index (χ0v) is 16.6. The Kier molecular flexibility index (Phi) is 6.63. The average molecular weight is 444 g/mol. The number of carbonyl (C=O) groups excluding carboxylic acids is 1. The highest BCUT2D eigenvalue weighted by molar-refractivity contribution is 9.10. The van der Waals surface area contributed by atoms with E-state index in [-0.39, 0.29) is 5.91 Å². The number of nitrogens with one attached hydrogen (secondary N) is 1. The number of amides is 1. The second-order valence-corrected chi connectivity index (χ2v) is 7.02. The Hall–Kier alpha value is -2.63. The molecule has 3 rings (SSSR count). The van der Waals surface area contributed by atoms with Gasteiger partial charge in [0.25, 0.3) is 5.91 Å². The van der Waals surface area contributed by atoms with E-state index in [4.69, 9.17) is 16.3 Å². The van der Waals surface area contributed by atoms with Crippen molar-refractivity contribution in [2.45, 2.75) is 6.61 Å². The molecule has 6 heteroatoms. The fourth-order valence-electron chi connectivity index (χ4n) is 2.35. The Labute approximate surface area is 171 Å². The lowest BCUT2D eigenvalue weighted by molar-refractivity contribution is 0.0950. The summed E-state index contributed by atoms with van der Waals surface area (Å²) < 4.78 is 6.61. The molecule has 0 aliphatic carbocycles. The number of hydrazone groups is 1. The Morgan fingerprint density at radius 3 is 2.67 bits per heavy atom. The summed E-state index contributed by atoms with van der Waals surface area (Å²) in [6.07, 6.45) is 1.53. The number of rotatable bonds is 6. The van der Waals surface area contributed by atoms with Gasteiger partial charge in [0.1, 0.15) is 12.4 Å². The topological polar surface area (TPSA) is 50.7 Å². The number of hydrogen-bond donors (Lipinski definition) is 1. The molecule has 0 radical (unpaired) electrons. The summed E-state index contributed by atoms with van der Waals surface area (Å²) in [6.45, 7) is 0.370. The van der Waals surface area contributed by atoms with E-state index in [0.717, 1.165) is 15.6 Å². The first kappa shape index (κ1) is 19.1. The van der Waals surface area contributed by atoms with Crippen molar-refractivity contribution < 1.29 is 9.53 Å². The van der Waals surface area contributed by atoms with Gasteiger partial charge in [0.15, 0.2) is 0 Å². The minimum atomic E-state index is -0.363. The summed E-state index contributed by atoms with van der Waals surface area (Å²) in [4.78, 5) is 12.5. The quantitative estimate of drug-likeness (QED) is 0.407. The molecule has 0 aromatic heterocycles. The summed E-state index contributed by atoms with van der Waals surface area (Å²) in [5.74, 6) is 0.121. The fourth-order valence-corrected chi connectivity index (χ4v) is 2.91. The van der Waals surface area contributed by atoms with Crippen LogP contribution in [0.25, 0.3) is 0 Å². The van der Waals surface area contributed by atoms with Gasteiger partial charge in [0.2, 0.25) is 0 Å². The predicted octanol–water partition coefficient (Wildman–Crippen LogP) is 5.45. The van der Waals surface area contributed by atoms with Crippen LogP contribution >= 0.6 is 27.5 Å². The highest BCUT2D eigenvalue weighted by Crippen LogP contribution is 2.24. The van der Waals surface area contributed by atoms with Crippen LogP contribution in [0.3, 0.4) is 0 Å². The molecule has 0 saturated heterocycles. The van der Waals surface area contributed by atoms with Gasteiger partial charge in [-0.25, -0.2) is 5.43 Å². The van der Waals surface area contributed by atoms with Gasteiger partial charge in [-0.3, -0.25) is 4.79 Å². The number of benzene rings is 3. The molecule has 0 atom stereocenters. The second kappa shape index (κ2) is 9.35. The van der Waals surface area contributed by atoms with Crippen LogP contribution in [0.15, 0.2) is 82.4 Å². The molecular formula is C21H16BrClN2O2. The molecular weight excluding hydrogens is 428 g/mol. The summed E-state index contributed by atoms with van der Waals surface area (Å²) in [5, 5.41) is 4.60. The van der Waals surface area contributed by atoms with Crippen LogP contribution in [0, 0.1) is 0 Å². The van der Waals surface area contributed by atoms with Gasteiger partial charge in [-0.1, -0.05) is 70.0 Å². The average Bonchev–Trinajstić information content (AvgIpc) is 2.68. The van der Waals surface area contributed by atoms with E-state index in [2.05, 4.69) is 26.5 Å². The molecule has 0 saturated carbocycles. The smallest absolute Gasteiger partial charge is 0.275 e. The van der Waals surface area contributed by atoms with E-state index in [0.29, 0.717) is 22.9 Å². The maximum Gasteiger partial charge on any atom is 0.275 e. The summed E-state index contributed by atoms with van der Waals surface area (Å²) in [6, 6.07) is 22.2. The first-order valence-electron chi connectivity index (χ1n) is 8.17. The highest BCUT2D eigenvalue weighted by Gasteiger charge is 2.13. The van der Waals surface area contributed by atoms with Gasteiger partial charge in [0.05, 0.1) is 11.8 Å². The van der Waals surface area contributed by atoms with Crippen LogP contribution in [0.1, 0.15) is 21.5 Å². The first-order valence-corrected chi connectivity index (χ1v) is 9.34. The maximum absolute atomic E-state index is 12.5. The van der Waals surface area contributed by atoms with Crippen LogP contribution < -0.4 is 10.2 Å². The van der Waals surface area contributed by atoms with E-state index >= 15 is 0 Å². The Bertz CT molecular complexity index is 961. The van der Waals surface area contributed by atoms with E-state index in [1.807, 2.05) is 48.5 Å². The maximum atomic E-state index is 12.5. The van der Waals surface area contributed by atoms with Crippen molar-refractivity contribution in [3.8, 4) is 5.75 Å². The largest absolute Gasteiger partial charge is 0.488 e. The molecule has 27 heavy (non-hydrogen) atoms. The van der Waals surface area contributed by atoms with E-state index in [9.17, 15) is 4.79 Å². The van der Waals surface area contributed by atoms with Crippen molar-refractivity contribution in [3.05, 3.63) is 99.0 Å². The van der Waals surface area contributed by atoms with Crippen LogP contribution in [-0.2, 0) is 6.61 Å². The molecule has 0 heterocycles. The van der Waals surface area contributed by atoms with Crippen LogP contribution in [0.4, 0.5) is 0 Å². The standard InChI is InChI=1S/C21H16BrClN2O2/c22-17-9-10-20(27-14-15-5-2-1-3-6-15)19(12-17)21(26)25-24-13-16-7-4-8-18(23)11-16/h1-13H,14H2,(H,25,26)/b24-13+. The van der Waals surface area contributed by atoms with Gasteiger partial charge in [-0.15, -0.1) is 0 Å². The molecule has 3 aromatic rings.